The number of nitrogens with zero attached hydrogens (tertiary/aromatic N) is 2. The topological polar surface area (TPSA) is 25.8 Å². The SMILES string of the molecule is CSc1ncc(-c2ccccc2C)cn1. The summed E-state index contributed by atoms with van der Waals surface area (Å²) in [4.78, 5) is 8.53. The molecule has 0 atom stereocenters. The van der Waals surface area contributed by atoms with Gasteiger partial charge < -0.3 is 0 Å². The standard InChI is InChI=1S/C12H12N2S/c1-9-5-3-4-6-11(9)10-7-13-12(15-2)14-8-10/h3-8H,1-2H3. The molecule has 0 unspecified atom stereocenters. The first-order chi connectivity index (χ1) is 7.31. The molecule has 1 aromatic heterocycles. The summed E-state index contributed by atoms with van der Waals surface area (Å²) in [6.45, 7) is 2.10. The Balaban J connectivity index is 2.42. The Morgan fingerprint density at radius 1 is 1.07 bits per heavy atom. The van der Waals surface area contributed by atoms with Crippen LogP contribution in [-0.4, -0.2) is 16.2 Å². The van der Waals surface area contributed by atoms with Gasteiger partial charge in [0.1, 0.15) is 0 Å². The highest BCUT2D eigenvalue weighted by Crippen LogP contribution is 2.22. The third-order valence-electron chi connectivity index (χ3n) is 2.27. The lowest BCUT2D eigenvalue weighted by Crippen LogP contribution is -1.88. The molecule has 15 heavy (non-hydrogen) atoms. The number of rotatable bonds is 2. The molecule has 0 spiro atoms. The van der Waals surface area contributed by atoms with Crippen molar-refractivity contribution in [1.82, 2.24) is 9.97 Å². The summed E-state index contributed by atoms with van der Waals surface area (Å²) in [7, 11) is 0. The van der Waals surface area contributed by atoms with Crippen LogP contribution in [0.2, 0.25) is 0 Å². The van der Waals surface area contributed by atoms with Crippen molar-refractivity contribution >= 4 is 11.8 Å². The van der Waals surface area contributed by atoms with Crippen LogP contribution in [0.5, 0.6) is 0 Å². The smallest absolute Gasteiger partial charge is 0.187 e. The molecule has 0 N–H and O–H groups in total. The van der Waals surface area contributed by atoms with Crippen LogP contribution in [-0.2, 0) is 0 Å². The highest BCUT2D eigenvalue weighted by atomic mass is 32.2. The van der Waals surface area contributed by atoms with Crippen LogP contribution in [0.15, 0.2) is 41.8 Å². The van der Waals surface area contributed by atoms with E-state index in [4.69, 9.17) is 0 Å². The molecule has 0 radical (unpaired) electrons. The maximum Gasteiger partial charge on any atom is 0.187 e. The Hall–Kier alpha value is -1.35. The molecular formula is C12H12N2S. The Kier molecular flexibility index (Phi) is 3.02. The first-order valence-electron chi connectivity index (χ1n) is 4.73. The van der Waals surface area contributed by atoms with E-state index in [1.165, 1.54) is 11.1 Å². The molecule has 1 aromatic carbocycles. The molecule has 2 rings (SSSR count). The fraction of sp³-hybridized carbons (Fsp3) is 0.167. The van der Waals surface area contributed by atoms with Crippen LogP contribution in [0, 0.1) is 6.92 Å². The number of aryl methyl sites for hydroxylation is 1. The van der Waals surface area contributed by atoms with E-state index in [-0.39, 0.29) is 0 Å². The monoisotopic (exact) mass is 216 g/mol. The quantitative estimate of drug-likeness (QED) is 0.569. The van der Waals surface area contributed by atoms with Crippen molar-refractivity contribution in [3.05, 3.63) is 42.2 Å². The Labute approximate surface area is 93.8 Å². The number of aromatic nitrogens is 2. The first kappa shape index (κ1) is 10.2. The van der Waals surface area contributed by atoms with Gasteiger partial charge in [0.2, 0.25) is 0 Å². The number of thioether (sulfide) groups is 1. The van der Waals surface area contributed by atoms with E-state index in [9.17, 15) is 0 Å². The minimum Gasteiger partial charge on any atom is -0.230 e. The van der Waals surface area contributed by atoms with Crippen LogP contribution in [0.1, 0.15) is 5.56 Å². The highest BCUT2D eigenvalue weighted by molar-refractivity contribution is 7.98. The molecule has 0 aliphatic heterocycles. The van der Waals surface area contributed by atoms with Crippen LogP contribution in [0.3, 0.4) is 0 Å². The second kappa shape index (κ2) is 4.45. The maximum absolute atomic E-state index is 4.27. The summed E-state index contributed by atoms with van der Waals surface area (Å²) in [6.07, 6.45) is 5.73. The minimum atomic E-state index is 0.812. The highest BCUT2D eigenvalue weighted by Gasteiger charge is 2.01. The molecule has 0 aliphatic carbocycles. The third-order valence-corrected chi connectivity index (χ3v) is 2.84. The van der Waals surface area contributed by atoms with Gasteiger partial charge in [-0.25, -0.2) is 9.97 Å². The normalized spacial score (nSPS) is 10.3. The summed E-state index contributed by atoms with van der Waals surface area (Å²) < 4.78 is 0. The fourth-order valence-electron chi connectivity index (χ4n) is 1.46. The third kappa shape index (κ3) is 2.18. The molecule has 0 saturated heterocycles. The lowest BCUT2D eigenvalue weighted by atomic mass is 10.0. The van der Waals surface area contributed by atoms with E-state index in [1.54, 1.807) is 11.8 Å². The van der Waals surface area contributed by atoms with Crippen molar-refractivity contribution in [1.29, 1.82) is 0 Å². The van der Waals surface area contributed by atoms with Gasteiger partial charge in [0.25, 0.3) is 0 Å². The van der Waals surface area contributed by atoms with Gasteiger partial charge in [-0.05, 0) is 24.3 Å². The van der Waals surface area contributed by atoms with E-state index in [0.717, 1.165) is 10.7 Å². The van der Waals surface area contributed by atoms with Crippen LogP contribution in [0.4, 0.5) is 0 Å². The van der Waals surface area contributed by atoms with Crippen molar-refractivity contribution in [3.8, 4) is 11.1 Å². The van der Waals surface area contributed by atoms with Crippen molar-refractivity contribution in [3.63, 3.8) is 0 Å². The van der Waals surface area contributed by atoms with Gasteiger partial charge in [-0.3, -0.25) is 0 Å². The molecule has 0 aliphatic rings. The van der Waals surface area contributed by atoms with Gasteiger partial charge in [-0.1, -0.05) is 36.0 Å². The molecule has 3 heteroatoms. The van der Waals surface area contributed by atoms with Gasteiger partial charge in [-0.2, -0.15) is 0 Å². The average Bonchev–Trinajstić information content (AvgIpc) is 2.30. The average molecular weight is 216 g/mol. The van der Waals surface area contributed by atoms with Crippen LogP contribution in [0.25, 0.3) is 11.1 Å². The van der Waals surface area contributed by atoms with Gasteiger partial charge in [-0.15, -0.1) is 0 Å². The van der Waals surface area contributed by atoms with E-state index >= 15 is 0 Å². The molecule has 0 fully saturated rings. The number of hydrogen-bond acceptors (Lipinski definition) is 3. The van der Waals surface area contributed by atoms with E-state index in [2.05, 4.69) is 29.0 Å². The summed E-state index contributed by atoms with van der Waals surface area (Å²) in [5, 5.41) is 0.812. The Morgan fingerprint density at radius 3 is 2.33 bits per heavy atom. The Morgan fingerprint density at radius 2 is 1.73 bits per heavy atom. The molecular weight excluding hydrogens is 204 g/mol. The second-order valence-corrected chi connectivity index (χ2v) is 4.05. The zero-order valence-electron chi connectivity index (χ0n) is 8.77. The molecule has 0 amide bonds. The van der Waals surface area contributed by atoms with E-state index in [1.807, 2.05) is 30.8 Å². The number of benzene rings is 1. The number of hydrogen-bond donors (Lipinski definition) is 0. The van der Waals surface area contributed by atoms with Gasteiger partial charge in [0.15, 0.2) is 5.16 Å². The fourth-order valence-corrected chi connectivity index (χ4v) is 1.77. The summed E-state index contributed by atoms with van der Waals surface area (Å²) >= 11 is 1.55. The van der Waals surface area contributed by atoms with Crippen molar-refractivity contribution in [2.45, 2.75) is 12.1 Å². The summed E-state index contributed by atoms with van der Waals surface area (Å²) in [5.41, 5.74) is 3.52. The lowest BCUT2D eigenvalue weighted by molar-refractivity contribution is 0.972. The van der Waals surface area contributed by atoms with Crippen LogP contribution < -0.4 is 0 Å². The largest absolute Gasteiger partial charge is 0.230 e. The van der Waals surface area contributed by atoms with Crippen molar-refractivity contribution in [2.24, 2.45) is 0 Å². The molecule has 0 saturated carbocycles. The van der Waals surface area contributed by atoms with E-state index < -0.39 is 0 Å². The molecule has 76 valence electrons. The van der Waals surface area contributed by atoms with Crippen LogP contribution >= 0.6 is 11.8 Å². The summed E-state index contributed by atoms with van der Waals surface area (Å²) in [5.74, 6) is 0. The molecule has 2 aromatic rings. The van der Waals surface area contributed by atoms with Gasteiger partial charge in [0.05, 0.1) is 0 Å². The van der Waals surface area contributed by atoms with Crippen molar-refractivity contribution in [2.75, 3.05) is 6.26 Å². The van der Waals surface area contributed by atoms with Gasteiger partial charge >= 0.3 is 0 Å². The predicted octanol–water partition coefficient (Wildman–Crippen LogP) is 3.17. The minimum absolute atomic E-state index is 0.812. The zero-order chi connectivity index (χ0) is 10.7. The maximum atomic E-state index is 4.27. The molecule has 1 heterocycles. The first-order valence-corrected chi connectivity index (χ1v) is 5.96. The molecule has 0 bridgehead atoms. The zero-order valence-corrected chi connectivity index (χ0v) is 9.58. The summed E-state index contributed by atoms with van der Waals surface area (Å²) in [6, 6.07) is 8.26. The van der Waals surface area contributed by atoms with Crippen molar-refractivity contribution < 1.29 is 0 Å². The lowest BCUT2D eigenvalue weighted by Gasteiger charge is -2.04. The molecule has 2 nitrogen and oxygen atoms in total. The predicted molar refractivity (Wildman–Crippen MR) is 64.0 cm³/mol. The second-order valence-electron chi connectivity index (χ2n) is 3.27. The van der Waals surface area contributed by atoms with Gasteiger partial charge in [0, 0.05) is 18.0 Å². The Bertz CT molecular complexity index is 451. The van der Waals surface area contributed by atoms with E-state index in [0.29, 0.717) is 0 Å².